The van der Waals surface area contributed by atoms with Gasteiger partial charge in [-0.15, -0.1) is 0 Å². The first-order valence-electron chi connectivity index (χ1n) is 8.86. The highest BCUT2D eigenvalue weighted by Gasteiger charge is 2.36. The normalized spacial score (nSPS) is 18.8. The number of ether oxygens (including phenoxy) is 1. The van der Waals surface area contributed by atoms with E-state index in [1.807, 2.05) is 30.3 Å². The Morgan fingerprint density at radius 1 is 1.23 bits per heavy atom. The van der Waals surface area contributed by atoms with Crippen LogP contribution in [0.5, 0.6) is 0 Å². The van der Waals surface area contributed by atoms with Gasteiger partial charge in [-0.05, 0) is 32.8 Å². The Bertz CT molecular complexity index is 585. The highest BCUT2D eigenvalue weighted by Crippen LogP contribution is 2.25. The molecule has 26 heavy (non-hydrogen) atoms. The van der Waals surface area contributed by atoms with E-state index in [1.54, 1.807) is 20.8 Å². The lowest BCUT2D eigenvalue weighted by atomic mass is 10.2. The highest BCUT2D eigenvalue weighted by atomic mass is 19.4. The van der Waals surface area contributed by atoms with Crippen LogP contribution in [0.4, 0.5) is 18.0 Å². The summed E-state index contributed by atoms with van der Waals surface area (Å²) in [6, 6.07) is 9.62. The molecular weight excluding hydrogens is 345 g/mol. The third-order valence-corrected chi connectivity index (χ3v) is 4.20. The van der Waals surface area contributed by atoms with E-state index in [0.29, 0.717) is 13.0 Å². The molecule has 1 fully saturated rings. The van der Waals surface area contributed by atoms with Crippen LogP contribution >= 0.6 is 0 Å². The van der Waals surface area contributed by atoms with Gasteiger partial charge in [0.1, 0.15) is 5.60 Å². The van der Waals surface area contributed by atoms with Crippen molar-refractivity contribution in [3.63, 3.8) is 0 Å². The summed E-state index contributed by atoms with van der Waals surface area (Å²) in [5, 5.41) is 0. The number of benzene rings is 1. The van der Waals surface area contributed by atoms with Crippen LogP contribution in [-0.2, 0) is 11.3 Å². The first kappa shape index (κ1) is 20.6. The summed E-state index contributed by atoms with van der Waals surface area (Å²) in [5.41, 5.74) is 0.405. The maximum absolute atomic E-state index is 12.7. The number of halogens is 3. The quantitative estimate of drug-likeness (QED) is 0.766. The molecule has 1 aromatic rings. The van der Waals surface area contributed by atoms with Crippen LogP contribution in [0.2, 0.25) is 0 Å². The van der Waals surface area contributed by atoms with E-state index in [2.05, 4.69) is 4.90 Å². The van der Waals surface area contributed by atoms with Crippen molar-refractivity contribution in [1.82, 2.24) is 9.80 Å². The molecule has 7 heteroatoms. The van der Waals surface area contributed by atoms with Crippen LogP contribution in [0.3, 0.4) is 0 Å². The molecule has 1 aliphatic heterocycles. The van der Waals surface area contributed by atoms with E-state index in [9.17, 15) is 18.0 Å². The SMILES string of the molecule is CC(C)(C)OC(=O)N(CCC(F)(F)F)C1CCN(Cc2ccccc2)C1. The van der Waals surface area contributed by atoms with Crippen LogP contribution in [0.1, 0.15) is 39.2 Å². The van der Waals surface area contributed by atoms with Crippen LogP contribution in [-0.4, -0.2) is 53.3 Å². The fourth-order valence-electron chi connectivity index (χ4n) is 3.04. The lowest BCUT2D eigenvalue weighted by Gasteiger charge is -2.32. The zero-order chi connectivity index (χ0) is 19.4. The van der Waals surface area contributed by atoms with E-state index < -0.39 is 24.3 Å². The summed E-state index contributed by atoms with van der Waals surface area (Å²) < 4.78 is 43.4. The van der Waals surface area contributed by atoms with Gasteiger partial charge in [0, 0.05) is 32.2 Å². The molecule has 1 atom stereocenters. The molecule has 0 aliphatic carbocycles. The molecule has 0 bridgehead atoms. The van der Waals surface area contributed by atoms with Crippen molar-refractivity contribution in [3.05, 3.63) is 35.9 Å². The van der Waals surface area contributed by atoms with Gasteiger partial charge in [0.15, 0.2) is 0 Å². The zero-order valence-corrected chi connectivity index (χ0v) is 15.6. The minimum Gasteiger partial charge on any atom is -0.444 e. The molecule has 0 saturated carbocycles. The van der Waals surface area contributed by atoms with Gasteiger partial charge < -0.3 is 9.64 Å². The van der Waals surface area contributed by atoms with Gasteiger partial charge in [-0.1, -0.05) is 30.3 Å². The molecule has 1 aromatic carbocycles. The zero-order valence-electron chi connectivity index (χ0n) is 15.6. The number of alkyl halides is 3. The Morgan fingerprint density at radius 3 is 2.46 bits per heavy atom. The first-order valence-corrected chi connectivity index (χ1v) is 8.86. The average Bonchev–Trinajstić information content (AvgIpc) is 2.93. The summed E-state index contributed by atoms with van der Waals surface area (Å²) in [5.74, 6) is 0. The van der Waals surface area contributed by atoms with E-state index in [1.165, 1.54) is 4.90 Å². The second-order valence-corrected chi connectivity index (χ2v) is 7.70. The molecule has 1 amide bonds. The van der Waals surface area contributed by atoms with Crippen molar-refractivity contribution < 1.29 is 22.7 Å². The smallest absolute Gasteiger partial charge is 0.410 e. The molecule has 0 aromatic heterocycles. The number of nitrogens with zero attached hydrogens (tertiary/aromatic N) is 2. The van der Waals surface area contributed by atoms with Crippen molar-refractivity contribution >= 4 is 6.09 Å². The van der Waals surface area contributed by atoms with Gasteiger partial charge in [-0.2, -0.15) is 13.2 Å². The summed E-state index contributed by atoms with van der Waals surface area (Å²) in [6.45, 7) is 6.77. The first-order chi connectivity index (χ1) is 12.0. The minimum atomic E-state index is -4.30. The number of amides is 1. The van der Waals surface area contributed by atoms with E-state index in [-0.39, 0.29) is 12.6 Å². The molecule has 1 unspecified atom stereocenters. The van der Waals surface area contributed by atoms with Crippen LogP contribution < -0.4 is 0 Å². The number of carbonyl (C=O) groups excluding carboxylic acids is 1. The number of hydrogen-bond donors (Lipinski definition) is 0. The van der Waals surface area contributed by atoms with E-state index in [0.717, 1.165) is 18.7 Å². The molecule has 2 rings (SSSR count). The van der Waals surface area contributed by atoms with Gasteiger partial charge in [0.2, 0.25) is 0 Å². The summed E-state index contributed by atoms with van der Waals surface area (Å²) in [7, 11) is 0. The van der Waals surface area contributed by atoms with Gasteiger partial charge in [-0.3, -0.25) is 4.90 Å². The second kappa shape index (κ2) is 8.29. The number of carbonyl (C=O) groups is 1. The Morgan fingerprint density at radius 2 is 1.88 bits per heavy atom. The van der Waals surface area contributed by atoms with E-state index in [4.69, 9.17) is 4.74 Å². The largest absolute Gasteiger partial charge is 0.444 e. The molecule has 0 spiro atoms. The van der Waals surface area contributed by atoms with Crippen LogP contribution in [0, 0.1) is 0 Å². The predicted molar refractivity (Wildman–Crippen MR) is 93.7 cm³/mol. The van der Waals surface area contributed by atoms with Crippen LogP contribution in [0.15, 0.2) is 30.3 Å². The van der Waals surface area contributed by atoms with Crippen LogP contribution in [0.25, 0.3) is 0 Å². The summed E-state index contributed by atoms with van der Waals surface area (Å²) >= 11 is 0. The number of hydrogen-bond acceptors (Lipinski definition) is 3. The topological polar surface area (TPSA) is 32.8 Å². The average molecular weight is 372 g/mol. The predicted octanol–water partition coefficient (Wildman–Crippen LogP) is 4.45. The summed E-state index contributed by atoms with van der Waals surface area (Å²) in [4.78, 5) is 15.9. The second-order valence-electron chi connectivity index (χ2n) is 7.70. The molecule has 0 radical (unpaired) electrons. The lowest BCUT2D eigenvalue weighted by molar-refractivity contribution is -0.138. The molecule has 146 valence electrons. The molecule has 1 aliphatic rings. The Kier molecular flexibility index (Phi) is 6.55. The molecular formula is C19H27F3N2O2. The Hall–Kier alpha value is -1.76. The lowest BCUT2D eigenvalue weighted by Crippen LogP contribution is -2.46. The molecule has 0 N–H and O–H groups in total. The standard InChI is InChI=1S/C19H27F3N2O2/c1-18(2,3)26-17(25)24(12-10-19(20,21)22)16-9-11-23(14-16)13-15-7-5-4-6-8-15/h4-8,16H,9-14H2,1-3H3. The molecule has 4 nitrogen and oxygen atoms in total. The van der Waals surface area contributed by atoms with Gasteiger partial charge in [0.05, 0.1) is 6.42 Å². The third kappa shape index (κ3) is 6.86. The fourth-order valence-corrected chi connectivity index (χ4v) is 3.04. The Labute approximate surface area is 152 Å². The molecule has 1 saturated heterocycles. The third-order valence-electron chi connectivity index (χ3n) is 4.20. The summed E-state index contributed by atoms with van der Waals surface area (Å²) in [6.07, 6.45) is -5.36. The fraction of sp³-hybridized carbons (Fsp3) is 0.632. The van der Waals surface area contributed by atoms with Gasteiger partial charge >= 0.3 is 12.3 Å². The maximum Gasteiger partial charge on any atom is 0.410 e. The van der Waals surface area contributed by atoms with Gasteiger partial charge in [-0.25, -0.2) is 4.79 Å². The maximum atomic E-state index is 12.7. The van der Waals surface area contributed by atoms with Crippen molar-refractivity contribution in [2.24, 2.45) is 0 Å². The van der Waals surface area contributed by atoms with Crippen molar-refractivity contribution in [2.75, 3.05) is 19.6 Å². The number of rotatable bonds is 5. The Balaban J connectivity index is 2.01. The highest BCUT2D eigenvalue weighted by molar-refractivity contribution is 5.68. The molecule has 1 heterocycles. The van der Waals surface area contributed by atoms with Gasteiger partial charge in [0.25, 0.3) is 0 Å². The number of likely N-dealkylation sites (tertiary alicyclic amines) is 1. The van der Waals surface area contributed by atoms with Crippen molar-refractivity contribution in [3.8, 4) is 0 Å². The minimum absolute atomic E-state index is 0.268. The van der Waals surface area contributed by atoms with E-state index >= 15 is 0 Å². The van der Waals surface area contributed by atoms with Crippen molar-refractivity contribution in [1.29, 1.82) is 0 Å². The monoisotopic (exact) mass is 372 g/mol. The van der Waals surface area contributed by atoms with Crippen molar-refractivity contribution in [2.45, 2.75) is 58.0 Å².